The van der Waals surface area contributed by atoms with Crippen LogP contribution in [0.25, 0.3) is 0 Å². The van der Waals surface area contributed by atoms with E-state index in [0.29, 0.717) is 0 Å². The van der Waals surface area contributed by atoms with Crippen LogP contribution in [0.3, 0.4) is 0 Å². The van der Waals surface area contributed by atoms with E-state index in [1.807, 2.05) is 20.8 Å². The molecule has 0 unspecified atom stereocenters. The highest BCUT2D eigenvalue weighted by Gasteiger charge is 2.80. The lowest BCUT2D eigenvalue weighted by Gasteiger charge is -2.63. The lowest BCUT2D eigenvalue weighted by atomic mass is 9.44. The predicted octanol–water partition coefficient (Wildman–Crippen LogP) is 4.35. The number of Topliss-reactive ketones (excluding diaryl/α,β-unsaturated/α-hetero) is 1. The number of ether oxygens (including phenoxy) is 3. The number of aliphatic hydroxyl groups excluding tert-OH is 1. The van der Waals surface area contributed by atoms with E-state index < -0.39 is 82.2 Å². The van der Waals surface area contributed by atoms with E-state index in [1.54, 1.807) is 20.8 Å². The summed E-state index contributed by atoms with van der Waals surface area (Å²) in [7, 11) is 0. The van der Waals surface area contributed by atoms with Crippen molar-refractivity contribution in [3.8, 4) is 0 Å². The number of carbonyl (C=O) groups excluding carboxylic acids is 3. The van der Waals surface area contributed by atoms with Crippen LogP contribution >= 0.6 is 0 Å². The molecule has 0 aromatic carbocycles. The van der Waals surface area contributed by atoms with Gasteiger partial charge in [-0.1, -0.05) is 33.8 Å². The zero-order valence-electron chi connectivity index (χ0n) is 23.8. The van der Waals surface area contributed by atoms with Gasteiger partial charge in [-0.05, 0) is 69.1 Å². The number of esters is 1. The van der Waals surface area contributed by atoms with Crippen molar-refractivity contribution in [2.24, 2.45) is 28.1 Å². The molecule has 7 nitrogen and oxygen atoms in total. The number of allylic oxidation sites excluding steroid dienone is 4. The standard InChI is InChI=1S/C30H40F2O7/c1-25(2,3)14-24(36)37-15-22(35)30-23(38-26(4,5)39-30)12-17-18-11-20(31)19-10-16(33)8-9-27(19,6)29(18,32)21(34)13-28(17,30)7/h8-10,17-18,20-21,23,34H,11-15H2,1-7H3/t17-,18-,20-,21-,23+,27-,28-,29-,30+/m0/s1. The monoisotopic (exact) mass is 550 g/mol. The Morgan fingerprint density at radius 3 is 2.46 bits per heavy atom. The smallest absolute Gasteiger partial charge is 0.306 e. The summed E-state index contributed by atoms with van der Waals surface area (Å²) in [6.45, 7) is 11.8. The van der Waals surface area contributed by atoms with Crippen LogP contribution in [0.5, 0.6) is 0 Å². The molecule has 1 N–H and O–H groups in total. The van der Waals surface area contributed by atoms with Gasteiger partial charge in [-0.15, -0.1) is 0 Å². The second-order valence-electron chi connectivity index (χ2n) is 14.3. The van der Waals surface area contributed by atoms with E-state index >= 15 is 8.78 Å². The van der Waals surface area contributed by atoms with Gasteiger partial charge in [0, 0.05) is 16.7 Å². The van der Waals surface area contributed by atoms with E-state index in [4.69, 9.17) is 14.2 Å². The summed E-state index contributed by atoms with van der Waals surface area (Å²) in [6.07, 6.45) is -0.247. The lowest BCUT2D eigenvalue weighted by molar-refractivity contribution is -0.249. The molecule has 216 valence electrons. The Bertz CT molecular complexity index is 1170. The number of aliphatic hydroxyl groups is 1. The van der Waals surface area contributed by atoms with Gasteiger partial charge in [0.25, 0.3) is 0 Å². The Balaban J connectivity index is 1.53. The van der Waals surface area contributed by atoms with Gasteiger partial charge in [0.15, 0.2) is 29.4 Å². The molecule has 0 bridgehead atoms. The Hall–Kier alpha value is -1.97. The minimum absolute atomic E-state index is 0.0415. The van der Waals surface area contributed by atoms with Crippen molar-refractivity contribution in [3.63, 3.8) is 0 Å². The minimum atomic E-state index is -2.28. The lowest BCUT2D eigenvalue weighted by Crippen LogP contribution is -2.71. The maximum Gasteiger partial charge on any atom is 0.306 e. The molecule has 0 spiro atoms. The van der Waals surface area contributed by atoms with Gasteiger partial charge in [0.05, 0.1) is 18.6 Å². The van der Waals surface area contributed by atoms with Crippen LogP contribution in [0.4, 0.5) is 8.78 Å². The molecular weight excluding hydrogens is 510 g/mol. The number of ketones is 2. The maximum absolute atomic E-state index is 17.4. The molecule has 0 aromatic rings. The molecule has 0 radical (unpaired) electrons. The highest BCUT2D eigenvalue weighted by atomic mass is 19.1. The van der Waals surface area contributed by atoms with E-state index in [9.17, 15) is 19.5 Å². The number of rotatable bonds is 4. The number of hydrogen-bond acceptors (Lipinski definition) is 7. The molecule has 3 saturated carbocycles. The molecule has 4 fully saturated rings. The van der Waals surface area contributed by atoms with Crippen LogP contribution in [-0.4, -0.2) is 64.7 Å². The summed E-state index contributed by atoms with van der Waals surface area (Å²) in [4.78, 5) is 38.5. The van der Waals surface area contributed by atoms with Crippen LogP contribution < -0.4 is 0 Å². The van der Waals surface area contributed by atoms with Crippen LogP contribution in [0, 0.1) is 28.1 Å². The topological polar surface area (TPSA) is 99.1 Å². The largest absolute Gasteiger partial charge is 0.458 e. The van der Waals surface area contributed by atoms with Gasteiger partial charge in [-0.2, -0.15) is 0 Å². The Morgan fingerprint density at radius 2 is 1.82 bits per heavy atom. The molecule has 1 saturated heterocycles. The summed E-state index contributed by atoms with van der Waals surface area (Å²) >= 11 is 0. The molecule has 5 rings (SSSR count). The summed E-state index contributed by atoms with van der Waals surface area (Å²) in [6, 6.07) is 0. The number of fused-ring (bicyclic) bond motifs is 7. The zero-order valence-corrected chi connectivity index (χ0v) is 23.8. The highest BCUT2D eigenvalue weighted by Crippen LogP contribution is 2.72. The summed E-state index contributed by atoms with van der Waals surface area (Å²) in [5.74, 6) is -4.15. The molecule has 1 heterocycles. The third-order valence-corrected chi connectivity index (χ3v) is 10.1. The average molecular weight is 551 g/mol. The first-order valence-electron chi connectivity index (χ1n) is 13.8. The molecule has 0 aromatic heterocycles. The number of alkyl halides is 2. The molecule has 9 heteroatoms. The summed E-state index contributed by atoms with van der Waals surface area (Å²) < 4.78 is 51.2. The van der Waals surface area contributed by atoms with E-state index in [-0.39, 0.29) is 36.7 Å². The molecule has 1 aliphatic heterocycles. The first-order valence-corrected chi connectivity index (χ1v) is 13.8. The van der Waals surface area contributed by atoms with Crippen molar-refractivity contribution in [3.05, 3.63) is 23.8 Å². The van der Waals surface area contributed by atoms with Crippen LogP contribution in [0.15, 0.2) is 23.8 Å². The number of halogens is 2. The van der Waals surface area contributed by atoms with Crippen molar-refractivity contribution < 1.29 is 42.5 Å². The first-order chi connectivity index (χ1) is 17.8. The molecule has 39 heavy (non-hydrogen) atoms. The van der Waals surface area contributed by atoms with E-state index in [2.05, 4.69) is 0 Å². The number of carbonyl (C=O) groups is 3. The Labute approximate surface area is 228 Å². The van der Waals surface area contributed by atoms with Crippen molar-refractivity contribution >= 4 is 17.5 Å². The first kappa shape index (κ1) is 28.6. The third kappa shape index (κ3) is 3.86. The Kier molecular flexibility index (Phi) is 6.24. The quantitative estimate of drug-likeness (QED) is 0.520. The van der Waals surface area contributed by atoms with Gasteiger partial charge in [-0.3, -0.25) is 14.4 Å². The SMILES string of the molecule is CC(C)(C)CC(=O)OCC(=O)[C@@]12OC(C)(C)O[C@@H]1C[C@H]1[C@@H]3C[C@H](F)C4=CC(=O)C=C[C@]4(C)[C@@]3(F)[C@@H](O)C[C@@]12C. The van der Waals surface area contributed by atoms with Crippen molar-refractivity contribution in [1.82, 2.24) is 0 Å². The zero-order chi connectivity index (χ0) is 29.0. The summed E-state index contributed by atoms with van der Waals surface area (Å²) in [5.41, 5.74) is -6.84. The van der Waals surface area contributed by atoms with Gasteiger partial charge in [0.1, 0.15) is 6.17 Å². The number of hydrogen-bond donors (Lipinski definition) is 1. The van der Waals surface area contributed by atoms with Gasteiger partial charge < -0.3 is 19.3 Å². The Morgan fingerprint density at radius 1 is 1.15 bits per heavy atom. The van der Waals surface area contributed by atoms with Crippen LogP contribution in [0.1, 0.15) is 74.1 Å². The van der Waals surface area contributed by atoms with Crippen molar-refractivity contribution in [2.75, 3.05) is 6.61 Å². The summed E-state index contributed by atoms with van der Waals surface area (Å²) in [5, 5.41) is 11.6. The average Bonchev–Trinajstić information content (AvgIpc) is 3.20. The molecule has 5 aliphatic rings. The fourth-order valence-corrected chi connectivity index (χ4v) is 8.54. The second kappa shape index (κ2) is 8.52. The van der Waals surface area contributed by atoms with Gasteiger partial charge in [-0.25, -0.2) is 8.78 Å². The highest BCUT2D eigenvalue weighted by molar-refractivity contribution is 6.01. The van der Waals surface area contributed by atoms with Gasteiger partial charge in [0.2, 0.25) is 5.78 Å². The third-order valence-electron chi connectivity index (χ3n) is 10.1. The van der Waals surface area contributed by atoms with E-state index in [0.717, 1.165) is 6.08 Å². The van der Waals surface area contributed by atoms with Crippen molar-refractivity contribution in [1.29, 1.82) is 0 Å². The maximum atomic E-state index is 17.4. The van der Waals surface area contributed by atoms with Crippen LogP contribution in [-0.2, 0) is 28.6 Å². The molecule has 0 amide bonds. The van der Waals surface area contributed by atoms with Gasteiger partial charge >= 0.3 is 5.97 Å². The normalized spacial score (nSPS) is 46.1. The second-order valence-corrected chi connectivity index (χ2v) is 14.3. The fraction of sp³-hybridized carbons (Fsp3) is 0.767. The fourth-order valence-electron chi connectivity index (χ4n) is 8.54. The van der Waals surface area contributed by atoms with Crippen molar-refractivity contribution in [2.45, 2.75) is 110 Å². The molecular formula is C30H40F2O7. The molecule has 9 atom stereocenters. The predicted molar refractivity (Wildman–Crippen MR) is 137 cm³/mol. The van der Waals surface area contributed by atoms with E-state index in [1.165, 1.54) is 19.1 Å². The minimum Gasteiger partial charge on any atom is -0.458 e. The van der Waals surface area contributed by atoms with Crippen LogP contribution in [0.2, 0.25) is 0 Å². The molecule has 4 aliphatic carbocycles.